The molecule has 3 heterocycles. The predicted molar refractivity (Wildman–Crippen MR) is 90.8 cm³/mol. The highest BCUT2D eigenvalue weighted by Gasteiger charge is 2.68. The first-order valence-electron chi connectivity index (χ1n) is 9.38. The van der Waals surface area contributed by atoms with E-state index in [1.54, 1.807) is 12.2 Å². The molecule has 0 aromatic rings. The van der Waals surface area contributed by atoms with E-state index in [2.05, 4.69) is 19.1 Å². The zero-order valence-corrected chi connectivity index (χ0v) is 14.5. The molecule has 6 rings (SSSR count). The van der Waals surface area contributed by atoms with Crippen LogP contribution in [0.5, 0.6) is 0 Å². The van der Waals surface area contributed by atoms with Gasteiger partial charge < -0.3 is 14.2 Å². The molecular weight excluding hydrogens is 316 g/mol. The predicted octanol–water partition coefficient (Wildman–Crippen LogP) is 3.15. The van der Waals surface area contributed by atoms with Gasteiger partial charge in [-0.05, 0) is 60.6 Å². The number of hydrogen-bond donors (Lipinski definition) is 0. The van der Waals surface area contributed by atoms with Gasteiger partial charge in [0.25, 0.3) is 0 Å². The van der Waals surface area contributed by atoms with E-state index in [-0.39, 0.29) is 16.8 Å². The van der Waals surface area contributed by atoms with Gasteiger partial charge in [0.1, 0.15) is 11.2 Å². The van der Waals surface area contributed by atoms with Gasteiger partial charge >= 0.3 is 0 Å². The van der Waals surface area contributed by atoms with Gasteiger partial charge in [-0.15, -0.1) is 0 Å². The van der Waals surface area contributed by atoms with Gasteiger partial charge in [0.15, 0.2) is 11.6 Å². The Morgan fingerprint density at radius 1 is 1.08 bits per heavy atom. The summed E-state index contributed by atoms with van der Waals surface area (Å²) in [5, 5.41) is 0. The fourth-order valence-electron chi connectivity index (χ4n) is 6.17. The normalized spacial score (nSPS) is 45.6. The van der Waals surface area contributed by atoms with E-state index in [0.29, 0.717) is 13.2 Å². The molecule has 0 unspecified atom stereocenters. The van der Waals surface area contributed by atoms with Crippen LogP contribution < -0.4 is 0 Å². The minimum absolute atomic E-state index is 0.0629. The van der Waals surface area contributed by atoms with Gasteiger partial charge in [0.05, 0.1) is 13.2 Å². The lowest BCUT2D eigenvalue weighted by atomic mass is 9.60. The smallest absolute Gasteiger partial charge is 0.181 e. The van der Waals surface area contributed by atoms with E-state index in [1.165, 1.54) is 11.1 Å². The first kappa shape index (κ1) is 14.7. The van der Waals surface area contributed by atoms with Crippen LogP contribution in [0, 0.1) is 5.41 Å². The Bertz CT molecular complexity index is 825. The maximum Gasteiger partial charge on any atom is 0.181 e. The van der Waals surface area contributed by atoms with Gasteiger partial charge in [0, 0.05) is 11.8 Å². The molecule has 4 heteroatoms. The first-order chi connectivity index (χ1) is 12.0. The van der Waals surface area contributed by atoms with Crippen molar-refractivity contribution in [1.82, 2.24) is 0 Å². The molecule has 3 spiro atoms. The molecular formula is C21H22O4. The summed E-state index contributed by atoms with van der Waals surface area (Å²) in [6.45, 7) is 3.65. The molecule has 3 aliphatic carbocycles. The van der Waals surface area contributed by atoms with E-state index >= 15 is 0 Å². The first-order valence-corrected chi connectivity index (χ1v) is 9.38. The van der Waals surface area contributed by atoms with Crippen LogP contribution in [0.4, 0.5) is 0 Å². The second-order valence-electron chi connectivity index (χ2n) is 8.43. The average Bonchev–Trinajstić information content (AvgIpc) is 3.27. The highest BCUT2D eigenvalue weighted by atomic mass is 16.7. The van der Waals surface area contributed by atoms with Gasteiger partial charge in [-0.1, -0.05) is 19.1 Å². The third-order valence-electron chi connectivity index (χ3n) is 7.45. The van der Waals surface area contributed by atoms with Crippen molar-refractivity contribution in [3.63, 3.8) is 0 Å². The monoisotopic (exact) mass is 338 g/mol. The molecule has 130 valence electrons. The summed E-state index contributed by atoms with van der Waals surface area (Å²) in [6, 6.07) is 0. The molecule has 3 atom stereocenters. The summed E-state index contributed by atoms with van der Waals surface area (Å²) in [4.78, 5) is 11.9. The van der Waals surface area contributed by atoms with E-state index < -0.39 is 11.4 Å². The van der Waals surface area contributed by atoms with E-state index in [4.69, 9.17) is 14.2 Å². The van der Waals surface area contributed by atoms with Crippen LogP contribution >= 0.6 is 0 Å². The van der Waals surface area contributed by atoms with Crippen molar-refractivity contribution >= 4 is 5.78 Å². The fourth-order valence-corrected chi connectivity index (χ4v) is 6.17. The van der Waals surface area contributed by atoms with Crippen molar-refractivity contribution in [2.45, 2.75) is 56.0 Å². The van der Waals surface area contributed by atoms with Crippen LogP contribution in [0.15, 0.2) is 47.1 Å². The van der Waals surface area contributed by atoms with Crippen LogP contribution in [0.25, 0.3) is 0 Å². The van der Waals surface area contributed by atoms with Crippen molar-refractivity contribution in [2.75, 3.05) is 13.2 Å². The van der Waals surface area contributed by atoms with Gasteiger partial charge in [-0.2, -0.15) is 0 Å². The lowest BCUT2D eigenvalue weighted by molar-refractivity contribution is -0.221. The number of rotatable bonds is 0. The SMILES string of the molecule is C[C@]12CCC3=CC4=CC(=O)C=C[C@]45CC[C@]3(O5)C1=CCC21OCCO1. The summed E-state index contributed by atoms with van der Waals surface area (Å²) in [7, 11) is 0. The number of ketones is 1. The van der Waals surface area contributed by atoms with Gasteiger partial charge in [-0.25, -0.2) is 0 Å². The highest BCUT2D eigenvalue weighted by molar-refractivity contribution is 6.02. The largest absolute Gasteiger partial charge is 0.351 e. The van der Waals surface area contributed by atoms with Gasteiger partial charge in [0.2, 0.25) is 0 Å². The quantitative estimate of drug-likeness (QED) is 0.637. The Balaban J connectivity index is 1.51. The molecule has 1 saturated carbocycles. The number of fused-ring (bicyclic) bond motifs is 2. The molecule has 0 aromatic heterocycles. The summed E-state index contributed by atoms with van der Waals surface area (Å²) < 4.78 is 19.2. The van der Waals surface area contributed by atoms with Crippen LogP contribution in [0.1, 0.15) is 39.0 Å². The standard InChI is InChI=1S/C21H22O4/c1-18-5-2-14-12-15-13-16(22)3-6-19(15)8-9-20(14,25-19)17(18)4-7-21(18)23-10-11-24-21/h3-4,6,12-13H,2,5,7-11H2,1H3/t18-,19-,20+/m0/s1. The van der Waals surface area contributed by atoms with Gasteiger partial charge in [-0.3, -0.25) is 4.79 Å². The second kappa shape index (κ2) is 4.25. The molecule has 4 nitrogen and oxygen atoms in total. The maximum absolute atomic E-state index is 11.9. The lowest BCUT2D eigenvalue weighted by Gasteiger charge is -2.53. The third kappa shape index (κ3) is 1.50. The van der Waals surface area contributed by atoms with Crippen LogP contribution in [-0.4, -0.2) is 36.0 Å². The average molecular weight is 338 g/mol. The molecule has 3 fully saturated rings. The molecule has 2 bridgehead atoms. The molecule has 0 aromatic carbocycles. The summed E-state index contributed by atoms with van der Waals surface area (Å²) in [6.07, 6.45) is 14.6. The van der Waals surface area contributed by atoms with Crippen LogP contribution in [-0.2, 0) is 19.0 Å². The Morgan fingerprint density at radius 3 is 2.76 bits per heavy atom. The van der Waals surface area contributed by atoms with Crippen molar-refractivity contribution in [3.05, 3.63) is 47.1 Å². The second-order valence-corrected chi connectivity index (χ2v) is 8.43. The third-order valence-corrected chi connectivity index (χ3v) is 7.45. The highest BCUT2D eigenvalue weighted by Crippen LogP contribution is 2.68. The van der Waals surface area contributed by atoms with E-state index in [1.807, 2.05) is 6.08 Å². The molecule has 0 N–H and O–H groups in total. The maximum atomic E-state index is 11.9. The van der Waals surface area contributed by atoms with E-state index in [0.717, 1.165) is 37.7 Å². The summed E-state index contributed by atoms with van der Waals surface area (Å²) in [5.74, 6) is -0.441. The zero-order valence-electron chi connectivity index (χ0n) is 14.5. The number of ether oxygens (including phenoxy) is 3. The van der Waals surface area contributed by atoms with Crippen molar-refractivity contribution < 1.29 is 19.0 Å². The Morgan fingerprint density at radius 2 is 1.92 bits per heavy atom. The lowest BCUT2D eigenvalue weighted by Crippen LogP contribution is -2.55. The van der Waals surface area contributed by atoms with Crippen molar-refractivity contribution in [2.24, 2.45) is 5.41 Å². The van der Waals surface area contributed by atoms with E-state index in [9.17, 15) is 4.79 Å². The Kier molecular flexibility index (Phi) is 2.49. The molecule has 0 amide bonds. The number of hydrogen-bond acceptors (Lipinski definition) is 4. The molecule has 6 aliphatic rings. The van der Waals surface area contributed by atoms with Crippen molar-refractivity contribution in [3.8, 4) is 0 Å². The summed E-state index contributed by atoms with van der Waals surface area (Å²) >= 11 is 0. The molecule has 0 radical (unpaired) electrons. The number of allylic oxidation sites excluding steroid dienone is 2. The molecule has 25 heavy (non-hydrogen) atoms. The minimum Gasteiger partial charge on any atom is -0.351 e. The van der Waals surface area contributed by atoms with Crippen LogP contribution in [0.2, 0.25) is 0 Å². The van der Waals surface area contributed by atoms with Crippen molar-refractivity contribution in [1.29, 1.82) is 0 Å². The number of carbonyl (C=O) groups excluding carboxylic acids is 1. The molecule has 2 saturated heterocycles. The minimum atomic E-state index is -0.504. The zero-order chi connectivity index (χ0) is 16.9. The molecule has 3 aliphatic heterocycles. The number of carbonyl (C=O) groups is 1. The fraction of sp³-hybridized carbons (Fsp3) is 0.571. The topological polar surface area (TPSA) is 44.8 Å². The Hall–Kier alpha value is -1.49. The Labute approximate surface area is 147 Å². The van der Waals surface area contributed by atoms with Crippen LogP contribution in [0.3, 0.4) is 0 Å². The summed E-state index contributed by atoms with van der Waals surface area (Å²) in [5.41, 5.74) is 2.81.